The molecule has 4 heterocycles. The molecule has 1 aromatic carbocycles. The molecule has 2 atom stereocenters. The summed E-state index contributed by atoms with van der Waals surface area (Å²) in [6, 6.07) is 5.98. The second-order valence-corrected chi connectivity index (χ2v) is 9.30. The van der Waals surface area contributed by atoms with Crippen LogP contribution in [-0.2, 0) is 11.3 Å². The van der Waals surface area contributed by atoms with Crippen molar-refractivity contribution in [3.63, 3.8) is 0 Å². The van der Waals surface area contributed by atoms with Crippen molar-refractivity contribution in [2.45, 2.75) is 71.1 Å². The summed E-state index contributed by atoms with van der Waals surface area (Å²) in [4.78, 5) is 18.9. The molecular formula is C24H32N6O2. The molecule has 8 nitrogen and oxygen atoms in total. The molecule has 2 aliphatic heterocycles. The van der Waals surface area contributed by atoms with Crippen LogP contribution in [0.2, 0.25) is 0 Å². The van der Waals surface area contributed by atoms with Gasteiger partial charge in [-0.15, -0.1) is 5.10 Å². The maximum atomic E-state index is 13.4. The van der Waals surface area contributed by atoms with Crippen molar-refractivity contribution >= 4 is 10.9 Å². The number of tetrazole rings is 1. The Balaban J connectivity index is 1.62. The molecule has 2 fully saturated rings. The van der Waals surface area contributed by atoms with Crippen molar-refractivity contribution in [3.05, 3.63) is 51.1 Å². The van der Waals surface area contributed by atoms with Gasteiger partial charge in [0.2, 0.25) is 0 Å². The van der Waals surface area contributed by atoms with Crippen molar-refractivity contribution in [1.29, 1.82) is 0 Å². The molecule has 0 saturated carbocycles. The van der Waals surface area contributed by atoms with Crippen molar-refractivity contribution in [2.24, 2.45) is 0 Å². The smallest absolute Gasteiger partial charge is 0.253 e. The number of fused-ring (bicyclic) bond motifs is 1. The highest BCUT2D eigenvalue weighted by Crippen LogP contribution is 2.30. The lowest BCUT2D eigenvalue weighted by molar-refractivity contribution is 0.0909. The lowest BCUT2D eigenvalue weighted by atomic mass is 9.99. The van der Waals surface area contributed by atoms with E-state index in [2.05, 4.69) is 51.4 Å². The van der Waals surface area contributed by atoms with E-state index >= 15 is 0 Å². The van der Waals surface area contributed by atoms with Crippen molar-refractivity contribution in [2.75, 3.05) is 19.7 Å². The first-order valence-corrected chi connectivity index (χ1v) is 11.9. The summed E-state index contributed by atoms with van der Waals surface area (Å²) in [5.41, 5.74) is 3.83. The molecule has 2 saturated heterocycles. The first-order valence-electron chi connectivity index (χ1n) is 11.9. The Morgan fingerprint density at radius 1 is 1.12 bits per heavy atom. The van der Waals surface area contributed by atoms with Crippen LogP contribution < -0.4 is 5.56 Å². The standard InChI is InChI=1S/C24H32N6O2/c1-16-12-17(2)19-14-20(24(31)25-21(19)13-16)22(29-9-5-3-4-6-10-29)23-26-27-28-30(23)15-18-8-7-11-32-18/h12-14,18,22H,3-11,15H2,1-2H3,(H,25,31)/t18-,22-/m1/s1. The minimum absolute atomic E-state index is 0.0663. The lowest BCUT2D eigenvalue weighted by Crippen LogP contribution is -2.36. The number of aromatic amines is 1. The fourth-order valence-electron chi connectivity index (χ4n) is 5.26. The Bertz CT molecular complexity index is 1140. The maximum absolute atomic E-state index is 13.4. The molecule has 0 unspecified atom stereocenters. The van der Waals surface area contributed by atoms with Gasteiger partial charge in [0.05, 0.1) is 12.6 Å². The fourth-order valence-corrected chi connectivity index (χ4v) is 5.26. The molecule has 8 heteroatoms. The number of hydrogen-bond acceptors (Lipinski definition) is 6. The van der Waals surface area contributed by atoms with Gasteiger partial charge in [-0.2, -0.15) is 0 Å². The minimum Gasteiger partial charge on any atom is -0.376 e. The van der Waals surface area contributed by atoms with E-state index in [1.807, 2.05) is 10.7 Å². The van der Waals surface area contributed by atoms with Gasteiger partial charge in [0.1, 0.15) is 6.04 Å². The van der Waals surface area contributed by atoms with E-state index in [-0.39, 0.29) is 17.7 Å². The van der Waals surface area contributed by atoms with Crippen LogP contribution >= 0.6 is 0 Å². The van der Waals surface area contributed by atoms with Gasteiger partial charge in [0.15, 0.2) is 5.82 Å². The van der Waals surface area contributed by atoms with Crippen LogP contribution in [0.15, 0.2) is 23.0 Å². The second-order valence-electron chi connectivity index (χ2n) is 9.30. The number of nitrogens with one attached hydrogen (secondary N) is 1. The van der Waals surface area contributed by atoms with Crippen LogP contribution in [-0.4, -0.2) is 55.9 Å². The van der Waals surface area contributed by atoms with E-state index in [9.17, 15) is 4.79 Å². The maximum Gasteiger partial charge on any atom is 0.253 e. The average molecular weight is 437 g/mol. The van der Waals surface area contributed by atoms with Crippen LogP contribution in [0.25, 0.3) is 10.9 Å². The van der Waals surface area contributed by atoms with Gasteiger partial charge in [-0.3, -0.25) is 9.69 Å². The Labute approximate surface area is 188 Å². The number of aromatic nitrogens is 5. The molecular weight excluding hydrogens is 404 g/mol. The molecule has 0 bridgehead atoms. The van der Waals surface area contributed by atoms with E-state index in [4.69, 9.17) is 4.74 Å². The molecule has 3 aromatic rings. The monoisotopic (exact) mass is 436 g/mol. The summed E-state index contributed by atoms with van der Waals surface area (Å²) in [7, 11) is 0. The zero-order chi connectivity index (χ0) is 22.1. The van der Waals surface area contributed by atoms with E-state index in [1.54, 1.807) is 0 Å². The number of aryl methyl sites for hydroxylation is 2. The molecule has 0 aliphatic carbocycles. The number of rotatable bonds is 5. The largest absolute Gasteiger partial charge is 0.376 e. The third kappa shape index (κ3) is 4.21. The van der Waals surface area contributed by atoms with E-state index in [1.165, 1.54) is 12.8 Å². The Morgan fingerprint density at radius 2 is 1.94 bits per heavy atom. The van der Waals surface area contributed by atoms with Gasteiger partial charge in [-0.1, -0.05) is 18.9 Å². The highest BCUT2D eigenvalue weighted by atomic mass is 16.5. The quantitative estimate of drug-likeness (QED) is 0.660. The number of hydrogen-bond donors (Lipinski definition) is 1. The third-order valence-electron chi connectivity index (χ3n) is 6.85. The van der Waals surface area contributed by atoms with Gasteiger partial charge in [-0.05, 0) is 86.3 Å². The van der Waals surface area contributed by atoms with E-state index in [0.717, 1.165) is 78.8 Å². The number of benzene rings is 1. The summed E-state index contributed by atoms with van der Waals surface area (Å²) in [5.74, 6) is 0.733. The van der Waals surface area contributed by atoms with Crippen molar-refractivity contribution in [1.82, 2.24) is 30.1 Å². The number of H-pyrrole nitrogens is 1. The summed E-state index contributed by atoms with van der Waals surface area (Å²) in [6.45, 7) is 7.43. The summed E-state index contributed by atoms with van der Waals surface area (Å²) >= 11 is 0. The fraction of sp³-hybridized carbons (Fsp3) is 0.583. The molecule has 32 heavy (non-hydrogen) atoms. The first-order chi connectivity index (χ1) is 15.6. The Kier molecular flexibility index (Phi) is 6.06. The van der Waals surface area contributed by atoms with E-state index in [0.29, 0.717) is 6.54 Å². The Morgan fingerprint density at radius 3 is 2.69 bits per heavy atom. The van der Waals surface area contributed by atoms with Gasteiger partial charge >= 0.3 is 0 Å². The zero-order valence-corrected chi connectivity index (χ0v) is 19.0. The lowest BCUT2D eigenvalue weighted by Gasteiger charge is -2.30. The molecule has 0 radical (unpaired) electrons. The molecule has 1 N–H and O–H groups in total. The summed E-state index contributed by atoms with van der Waals surface area (Å²) in [6.07, 6.45) is 6.89. The van der Waals surface area contributed by atoms with Gasteiger partial charge in [-0.25, -0.2) is 4.68 Å². The highest BCUT2D eigenvalue weighted by Gasteiger charge is 2.32. The summed E-state index contributed by atoms with van der Waals surface area (Å²) in [5, 5.41) is 13.8. The molecule has 0 spiro atoms. The van der Waals surface area contributed by atoms with Crippen LogP contribution in [0.5, 0.6) is 0 Å². The van der Waals surface area contributed by atoms with Crippen molar-refractivity contribution < 1.29 is 4.74 Å². The number of nitrogens with zero attached hydrogens (tertiary/aromatic N) is 5. The second kappa shape index (κ2) is 9.11. The molecule has 2 aliphatic rings. The SMILES string of the molecule is Cc1cc(C)c2cc([C@H](c3nnnn3C[C@H]3CCCO3)N3CCCCCC3)c(=O)[nH]c2c1. The van der Waals surface area contributed by atoms with Crippen LogP contribution in [0.3, 0.4) is 0 Å². The number of pyridine rings is 1. The topological polar surface area (TPSA) is 88.9 Å². The predicted molar refractivity (Wildman–Crippen MR) is 123 cm³/mol. The minimum atomic E-state index is -0.279. The van der Waals surface area contributed by atoms with E-state index < -0.39 is 0 Å². The number of ether oxygens (including phenoxy) is 1. The Hall–Kier alpha value is -2.58. The highest BCUT2D eigenvalue weighted by molar-refractivity contribution is 5.83. The van der Waals surface area contributed by atoms with Gasteiger partial charge < -0.3 is 9.72 Å². The zero-order valence-electron chi connectivity index (χ0n) is 19.0. The summed E-state index contributed by atoms with van der Waals surface area (Å²) < 4.78 is 7.70. The van der Waals surface area contributed by atoms with Crippen LogP contribution in [0, 0.1) is 13.8 Å². The normalized spacial score (nSPS) is 21.1. The molecule has 5 rings (SSSR count). The molecule has 2 aromatic heterocycles. The van der Waals surface area contributed by atoms with Gasteiger partial charge in [0, 0.05) is 23.1 Å². The third-order valence-corrected chi connectivity index (χ3v) is 6.85. The molecule has 0 amide bonds. The first kappa shape index (κ1) is 21.3. The number of likely N-dealkylation sites (tertiary alicyclic amines) is 1. The van der Waals surface area contributed by atoms with Crippen molar-refractivity contribution in [3.8, 4) is 0 Å². The predicted octanol–water partition coefficient (Wildman–Crippen LogP) is 3.28. The molecule has 170 valence electrons. The van der Waals surface area contributed by atoms with Gasteiger partial charge in [0.25, 0.3) is 5.56 Å². The average Bonchev–Trinajstić information content (AvgIpc) is 3.36. The van der Waals surface area contributed by atoms with Crippen LogP contribution in [0.4, 0.5) is 0 Å². The van der Waals surface area contributed by atoms with Crippen LogP contribution in [0.1, 0.15) is 67.1 Å².